The maximum absolute atomic E-state index is 14.1. The molecule has 1 aliphatic heterocycles. The van der Waals surface area contributed by atoms with Gasteiger partial charge in [0.25, 0.3) is 5.91 Å². The molecule has 1 aliphatic rings. The number of anilines is 1. The zero-order chi connectivity index (χ0) is 26.5. The van der Waals surface area contributed by atoms with Crippen molar-refractivity contribution in [1.29, 1.82) is 0 Å². The third-order valence-electron chi connectivity index (χ3n) is 6.36. The molecule has 37 heavy (non-hydrogen) atoms. The standard InChI is InChI=1S/C27H30ClFN6O2/c1-4-17-5-6-20(29)7-18(17)14-35-22(16-37-3)15-34-13-19(8-25(34)27(35)36)23-9-26(32-12-24(23)28)33-21(10-30)11-31-2/h5-13,22H,4,14-16,30H2,1-3H3,(H,32,33)/t22-/m1/s1. The largest absolute Gasteiger partial charge is 0.403 e. The number of aromatic nitrogens is 2. The average molecular weight is 525 g/mol. The molecule has 1 aromatic carbocycles. The Morgan fingerprint density at radius 3 is 2.86 bits per heavy atom. The summed E-state index contributed by atoms with van der Waals surface area (Å²) >= 11 is 6.51. The van der Waals surface area contributed by atoms with E-state index in [2.05, 4.69) is 15.3 Å². The van der Waals surface area contributed by atoms with Crippen molar-refractivity contribution in [3.8, 4) is 11.1 Å². The van der Waals surface area contributed by atoms with Crippen LogP contribution in [0.1, 0.15) is 28.5 Å². The van der Waals surface area contributed by atoms with Gasteiger partial charge in [-0.1, -0.05) is 24.6 Å². The molecule has 8 nitrogen and oxygen atoms in total. The molecule has 1 atom stereocenters. The number of fused-ring (bicyclic) bond motifs is 1. The molecule has 0 saturated carbocycles. The summed E-state index contributed by atoms with van der Waals surface area (Å²) < 4.78 is 21.4. The van der Waals surface area contributed by atoms with Crippen LogP contribution in [-0.2, 0) is 24.2 Å². The van der Waals surface area contributed by atoms with Gasteiger partial charge in [-0.15, -0.1) is 0 Å². The SMILES string of the molecule is CCc1ccc(F)cc1CN1C(=O)c2cc(-c3cc(NC(C=NC)=CN)ncc3Cl)cn2C[C@@H]1COC. The highest BCUT2D eigenvalue weighted by Gasteiger charge is 2.33. The van der Waals surface area contributed by atoms with Gasteiger partial charge < -0.3 is 25.3 Å². The third-order valence-corrected chi connectivity index (χ3v) is 6.66. The fourth-order valence-electron chi connectivity index (χ4n) is 4.56. The number of nitrogens with zero attached hydrogens (tertiary/aromatic N) is 4. The second kappa shape index (κ2) is 11.6. The molecule has 0 fully saturated rings. The molecule has 0 radical (unpaired) electrons. The quantitative estimate of drug-likeness (QED) is 0.402. The lowest BCUT2D eigenvalue weighted by atomic mass is 10.0. The van der Waals surface area contributed by atoms with Crippen molar-refractivity contribution in [3.63, 3.8) is 0 Å². The second-order valence-corrected chi connectivity index (χ2v) is 9.17. The topological polar surface area (TPSA) is 97.8 Å². The van der Waals surface area contributed by atoms with Crippen LogP contribution < -0.4 is 11.1 Å². The summed E-state index contributed by atoms with van der Waals surface area (Å²) in [6, 6.07) is 8.14. The Kier molecular flexibility index (Phi) is 8.25. The molecule has 0 unspecified atom stereocenters. The molecular formula is C27H30ClFN6O2. The summed E-state index contributed by atoms with van der Waals surface area (Å²) in [4.78, 5) is 23.8. The first-order chi connectivity index (χ1) is 17.9. The fourth-order valence-corrected chi connectivity index (χ4v) is 4.78. The first kappa shape index (κ1) is 26.4. The lowest BCUT2D eigenvalue weighted by Gasteiger charge is -2.36. The molecule has 2 aromatic heterocycles. The number of hydrogen-bond acceptors (Lipinski definition) is 6. The Morgan fingerprint density at radius 1 is 1.35 bits per heavy atom. The lowest BCUT2D eigenvalue weighted by Crippen LogP contribution is -2.49. The van der Waals surface area contributed by atoms with Crippen molar-refractivity contribution in [2.45, 2.75) is 32.5 Å². The zero-order valence-electron chi connectivity index (χ0n) is 21.0. The zero-order valence-corrected chi connectivity index (χ0v) is 21.8. The normalized spacial score (nSPS) is 15.9. The predicted molar refractivity (Wildman–Crippen MR) is 144 cm³/mol. The van der Waals surface area contributed by atoms with Crippen LogP contribution in [0.3, 0.4) is 0 Å². The molecular weight excluding hydrogens is 495 g/mol. The number of methoxy groups -OCH3 is 1. The van der Waals surface area contributed by atoms with Crippen molar-refractivity contribution in [3.05, 3.63) is 82.3 Å². The minimum absolute atomic E-state index is 0.151. The van der Waals surface area contributed by atoms with Gasteiger partial charge in [0.15, 0.2) is 0 Å². The van der Waals surface area contributed by atoms with E-state index >= 15 is 0 Å². The van der Waals surface area contributed by atoms with Crippen molar-refractivity contribution in [2.75, 3.05) is 26.1 Å². The van der Waals surface area contributed by atoms with Crippen LogP contribution in [0.2, 0.25) is 5.02 Å². The predicted octanol–water partition coefficient (Wildman–Crippen LogP) is 4.49. The number of allylic oxidation sites excluding steroid dienone is 1. The summed E-state index contributed by atoms with van der Waals surface area (Å²) in [7, 11) is 3.25. The smallest absolute Gasteiger partial charge is 0.271 e. The summed E-state index contributed by atoms with van der Waals surface area (Å²) in [5.74, 6) is 0.0608. The summed E-state index contributed by atoms with van der Waals surface area (Å²) in [5.41, 5.74) is 10.1. The van der Waals surface area contributed by atoms with Gasteiger partial charge in [-0.25, -0.2) is 9.37 Å². The summed E-state index contributed by atoms with van der Waals surface area (Å²) in [6.45, 7) is 3.20. The van der Waals surface area contributed by atoms with Gasteiger partial charge in [0.1, 0.15) is 17.3 Å². The van der Waals surface area contributed by atoms with Crippen LogP contribution in [0.4, 0.5) is 10.2 Å². The first-order valence-corrected chi connectivity index (χ1v) is 12.3. The van der Waals surface area contributed by atoms with Crippen LogP contribution in [0, 0.1) is 5.82 Å². The van der Waals surface area contributed by atoms with E-state index in [-0.39, 0.29) is 17.8 Å². The molecule has 3 aromatic rings. The van der Waals surface area contributed by atoms with Crippen LogP contribution in [0.15, 0.2) is 59.6 Å². The maximum atomic E-state index is 14.1. The minimum atomic E-state index is -0.319. The van der Waals surface area contributed by atoms with Gasteiger partial charge in [-0.2, -0.15) is 0 Å². The average Bonchev–Trinajstić information content (AvgIpc) is 3.31. The number of halogens is 2. The number of carbonyl (C=O) groups excluding carboxylic acids is 1. The molecule has 0 spiro atoms. The van der Waals surface area contributed by atoms with E-state index in [1.165, 1.54) is 18.3 Å². The second-order valence-electron chi connectivity index (χ2n) is 8.76. The van der Waals surface area contributed by atoms with Crippen molar-refractivity contribution in [2.24, 2.45) is 10.7 Å². The molecule has 1 amide bonds. The van der Waals surface area contributed by atoms with Crippen molar-refractivity contribution < 1.29 is 13.9 Å². The van der Waals surface area contributed by atoms with Gasteiger partial charge in [0.05, 0.1) is 23.4 Å². The van der Waals surface area contributed by atoms with E-state index in [1.54, 1.807) is 43.6 Å². The molecule has 3 N–H and O–H groups in total. The number of aliphatic imine (C=N–C) groups is 1. The fraction of sp³-hybridized carbons (Fsp3) is 0.296. The molecule has 10 heteroatoms. The van der Waals surface area contributed by atoms with Gasteiger partial charge in [0.2, 0.25) is 0 Å². The van der Waals surface area contributed by atoms with Crippen LogP contribution >= 0.6 is 11.6 Å². The summed E-state index contributed by atoms with van der Waals surface area (Å²) in [5, 5.41) is 3.54. The van der Waals surface area contributed by atoms with E-state index in [1.807, 2.05) is 23.8 Å². The molecule has 0 aliphatic carbocycles. The number of benzene rings is 1. The number of pyridine rings is 1. The highest BCUT2D eigenvalue weighted by atomic mass is 35.5. The Hall–Kier alpha value is -3.69. The van der Waals surface area contributed by atoms with Crippen molar-refractivity contribution in [1.82, 2.24) is 14.5 Å². The Morgan fingerprint density at radius 2 is 2.16 bits per heavy atom. The highest BCUT2D eigenvalue weighted by molar-refractivity contribution is 6.33. The van der Waals surface area contributed by atoms with E-state index < -0.39 is 0 Å². The van der Waals surface area contributed by atoms with E-state index in [0.29, 0.717) is 47.5 Å². The van der Waals surface area contributed by atoms with Crippen LogP contribution in [0.5, 0.6) is 0 Å². The Labute approximate surface area is 220 Å². The van der Waals surface area contributed by atoms with Gasteiger partial charge in [-0.05, 0) is 41.8 Å². The Bertz CT molecular complexity index is 1350. The number of rotatable bonds is 9. The number of nitrogens with two attached hydrogens (primary N) is 1. The van der Waals surface area contributed by atoms with Gasteiger partial charge in [0, 0.05) is 63.2 Å². The highest BCUT2D eigenvalue weighted by Crippen LogP contribution is 2.33. The number of carbonyl (C=O) groups is 1. The van der Waals surface area contributed by atoms with Crippen LogP contribution in [0.25, 0.3) is 11.1 Å². The van der Waals surface area contributed by atoms with Gasteiger partial charge in [-0.3, -0.25) is 9.79 Å². The molecule has 0 saturated heterocycles. The number of amides is 1. The Balaban J connectivity index is 1.68. The third kappa shape index (κ3) is 5.68. The molecule has 194 valence electrons. The van der Waals surface area contributed by atoms with Gasteiger partial charge >= 0.3 is 0 Å². The molecule has 4 rings (SSSR count). The van der Waals surface area contributed by atoms with E-state index in [0.717, 1.165) is 23.1 Å². The lowest BCUT2D eigenvalue weighted by molar-refractivity contribution is 0.0387. The maximum Gasteiger partial charge on any atom is 0.271 e. The first-order valence-electron chi connectivity index (χ1n) is 11.9. The van der Waals surface area contributed by atoms with Crippen LogP contribution in [-0.4, -0.2) is 53.4 Å². The monoisotopic (exact) mass is 524 g/mol. The number of nitrogens with one attached hydrogen (secondary N) is 1. The minimum Gasteiger partial charge on any atom is -0.403 e. The van der Waals surface area contributed by atoms with Crippen molar-refractivity contribution >= 4 is 29.5 Å². The van der Waals surface area contributed by atoms with E-state index in [9.17, 15) is 9.18 Å². The number of hydrogen-bond donors (Lipinski definition) is 2. The molecule has 0 bridgehead atoms. The number of ether oxygens (including phenoxy) is 1. The molecule has 3 heterocycles. The van der Waals surface area contributed by atoms with E-state index in [4.69, 9.17) is 22.1 Å². The number of aryl methyl sites for hydroxylation is 1. The summed E-state index contributed by atoms with van der Waals surface area (Å²) in [6.07, 6.45) is 7.18.